The monoisotopic (exact) mass is 324 g/mol. The molecule has 1 amide bonds. The molecule has 0 aromatic heterocycles. The van der Waals surface area contributed by atoms with Crippen LogP contribution in [0.25, 0.3) is 0 Å². The lowest BCUT2D eigenvalue weighted by molar-refractivity contribution is -0.137. The van der Waals surface area contributed by atoms with E-state index < -0.39 is 5.97 Å². The molecule has 5 nitrogen and oxygen atoms in total. The molecule has 0 bridgehead atoms. The van der Waals surface area contributed by atoms with E-state index in [0.717, 1.165) is 6.42 Å². The molecule has 1 aliphatic heterocycles. The summed E-state index contributed by atoms with van der Waals surface area (Å²) in [5, 5.41) is 0.379. The molecule has 2 N–H and O–H groups in total. The first-order valence-electron chi connectivity index (χ1n) is 7.36. The molecule has 0 aliphatic carbocycles. The van der Waals surface area contributed by atoms with Crippen molar-refractivity contribution in [3.05, 3.63) is 28.8 Å². The van der Waals surface area contributed by atoms with E-state index in [0.29, 0.717) is 35.6 Å². The lowest BCUT2D eigenvalue weighted by atomic mass is 9.92. The van der Waals surface area contributed by atoms with Crippen LogP contribution in [0.3, 0.4) is 0 Å². The molecule has 2 atom stereocenters. The molecule has 1 aromatic carbocycles. The topological polar surface area (TPSA) is 72.6 Å². The van der Waals surface area contributed by atoms with Gasteiger partial charge in [0.2, 0.25) is 0 Å². The third kappa shape index (κ3) is 4.13. The number of anilines is 1. The summed E-state index contributed by atoms with van der Waals surface area (Å²) in [5.74, 6) is 0.211. The van der Waals surface area contributed by atoms with Crippen molar-refractivity contribution in [3.63, 3.8) is 0 Å². The molecule has 1 aliphatic rings. The molecule has 2 rings (SSSR count). The van der Waals surface area contributed by atoms with Crippen LogP contribution in [0.2, 0.25) is 5.02 Å². The highest BCUT2D eigenvalue weighted by molar-refractivity contribution is 6.33. The number of amides is 1. The van der Waals surface area contributed by atoms with E-state index in [4.69, 9.17) is 22.1 Å². The lowest BCUT2D eigenvalue weighted by Crippen LogP contribution is -2.44. The number of halogens is 1. The summed E-state index contributed by atoms with van der Waals surface area (Å²) in [6.45, 7) is 5.43. The van der Waals surface area contributed by atoms with Gasteiger partial charge in [0.05, 0.1) is 16.3 Å². The maximum Gasteiger partial charge on any atom is 0.338 e. The average molecular weight is 325 g/mol. The zero-order valence-electron chi connectivity index (χ0n) is 12.8. The van der Waals surface area contributed by atoms with E-state index in [9.17, 15) is 9.59 Å². The average Bonchev–Trinajstić information content (AvgIpc) is 2.46. The predicted octanol–water partition coefficient (Wildman–Crippen LogP) is 2.58. The second-order valence-electron chi connectivity index (χ2n) is 6.06. The van der Waals surface area contributed by atoms with Crippen molar-refractivity contribution in [2.24, 2.45) is 11.8 Å². The van der Waals surface area contributed by atoms with E-state index in [2.05, 4.69) is 13.8 Å². The standard InChI is InChI=1S/C16H21ClN2O3/c1-10-5-11(2)8-19(7-10)15(20)9-22-16(21)12-3-4-13(17)14(18)6-12/h3-4,6,10-11H,5,7-9,18H2,1-2H3/t10-,11-/m0/s1. The Hall–Kier alpha value is -1.75. The van der Waals surface area contributed by atoms with Crippen LogP contribution >= 0.6 is 11.6 Å². The van der Waals surface area contributed by atoms with Gasteiger partial charge in [0, 0.05) is 13.1 Å². The Morgan fingerprint density at radius 1 is 1.32 bits per heavy atom. The Labute approximate surface area is 135 Å². The first kappa shape index (κ1) is 16.6. The van der Waals surface area contributed by atoms with Gasteiger partial charge < -0.3 is 15.4 Å². The largest absolute Gasteiger partial charge is 0.452 e. The van der Waals surface area contributed by atoms with Gasteiger partial charge in [0.1, 0.15) is 0 Å². The van der Waals surface area contributed by atoms with Crippen molar-refractivity contribution in [2.75, 3.05) is 25.4 Å². The van der Waals surface area contributed by atoms with Gasteiger partial charge in [-0.1, -0.05) is 25.4 Å². The van der Waals surface area contributed by atoms with Gasteiger partial charge in [0.15, 0.2) is 6.61 Å². The molecule has 0 spiro atoms. The molecular weight excluding hydrogens is 304 g/mol. The number of hydrogen-bond donors (Lipinski definition) is 1. The van der Waals surface area contributed by atoms with Crippen molar-refractivity contribution in [2.45, 2.75) is 20.3 Å². The van der Waals surface area contributed by atoms with Gasteiger partial charge in [-0.15, -0.1) is 0 Å². The Morgan fingerprint density at radius 3 is 2.55 bits per heavy atom. The van der Waals surface area contributed by atoms with E-state index >= 15 is 0 Å². The second kappa shape index (κ2) is 7.01. The molecule has 1 aromatic rings. The number of nitrogens with zero attached hydrogens (tertiary/aromatic N) is 1. The molecule has 1 fully saturated rings. The number of carbonyl (C=O) groups is 2. The lowest BCUT2D eigenvalue weighted by Gasteiger charge is -2.34. The Kier molecular flexibility index (Phi) is 5.29. The Balaban J connectivity index is 1.90. The number of nitrogen functional groups attached to an aromatic ring is 1. The summed E-state index contributed by atoms with van der Waals surface area (Å²) in [7, 11) is 0. The molecule has 6 heteroatoms. The van der Waals surface area contributed by atoms with Crippen molar-refractivity contribution in [1.29, 1.82) is 0 Å². The minimum atomic E-state index is -0.574. The normalized spacial score (nSPS) is 21.5. The molecule has 0 saturated carbocycles. The first-order chi connectivity index (χ1) is 10.4. The first-order valence-corrected chi connectivity index (χ1v) is 7.74. The Bertz CT molecular complexity index is 567. The van der Waals surface area contributed by atoms with Crippen LogP contribution < -0.4 is 5.73 Å². The third-order valence-corrected chi connectivity index (χ3v) is 4.12. The maximum atomic E-state index is 12.1. The van der Waals surface area contributed by atoms with Gasteiger partial charge in [-0.25, -0.2) is 4.79 Å². The van der Waals surface area contributed by atoms with Crippen LogP contribution in [-0.4, -0.2) is 36.5 Å². The van der Waals surface area contributed by atoms with Crippen molar-refractivity contribution < 1.29 is 14.3 Å². The van der Waals surface area contributed by atoms with E-state index in [1.165, 1.54) is 18.2 Å². The third-order valence-electron chi connectivity index (χ3n) is 3.78. The van der Waals surface area contributed by atoms with E-state index in [-0.39, 0.29) is 18.1 Å². The summed E-state index contributed by atoms with van der Waals surface area (Å²) in [5.41, 5.74) is 6.24. The van der Waals surface area contributed by atoms with E-state index in [1.807, 2.05) is 0 Å². The Morgan fingerprint density at radius 2 is 1.95 bits per heavy atom. The number of ether oxygens (including phenoxy) is 1. The van der Waals surface area contributed by atoms with E-state index in [1.54, 1.807) is 4.90 Å². The van der Waals surface area contributed by atoms with Crippen molar-refractivity contribution >= 4 is 29.2 Å². The van der Waals surface area contributed by atoms with Crippen LogP contribution in [0.4, 0.5) is 5.69 Å². The minimum Gasteiger partial charge on any atom is -0.452 e. The quantitative estimate of drug-likeness (QED) is 0.685. The molecule has 1 saturated heterocycles. The fourth-order valence-corrected chi connectivity index (χ4v) is 2.96. The van der Waals surface area contributed by atoms with Gasteiger partial charge in [-0.2, -0.15) is 0 Å². The predicted molar refractivity (Wildman–Crippen MR) is 85.7 cm³/mol. The molecule has 1 heterocycles. The number of benzene rings is 1. The molecule has 0 unspecified atom stereocenters. The van der Waals surface area contributed by atoms with Gasteiger partial charge in [-0.3, -0.25) is 4.79 Å². The van der Waals surface area contributed by atoms with Crippen LogP contribution in [0.15, 0.2) is 18.2 Å². The number of piperidine rings is 1. The van der Waals surface area contributed by atoms with Crippen LogP contribution in [-0.2, 0) is 9.53 Å². The molecular formula is C16H21ClN2O3. The summed E-state index contributed by atoms with van der Waals surface area (Å²) >= 11 is 5.80. The highest BCUT2D eigenvalue weighted by atomic mass is 35.5. The van der Waals surface area contributed by atoms with Gasteiger partial charge >= 0.3 is 5.97 Å². The van der Waals surface area contributed by atoms with Crippen LogP contribution in [0, 0.1) is 11.8 Å². The fraction of sp³-hybridized carbons (Fsp3) is 0.500. The smallest absolute Gasteiger partial charge is 0.338 e. The SMILES string of the molecule is C[C@H]1C[C@H](C)CN(C(=O)COC(=O)c2ccc(Cl)c(N)c2)C1. The number of rotatable bonds is 3. The number of hydrogen-bond acceptors (Lipinski definition) is 4. The zero-order chi connectivity index (χ0) is 16.3. The summed E-state index contributed by atoms with van der Waals surface area (Å²) in [6.07, 6.45) is 1.12. The summed E-state index contributed by atoms with van der Waals surface area (Å²) < 4.78 is 5.08. The zero-order valence-corrected chi connectivity index (χ0v) is 13.6. The molecule has 22 heavy (non-hydrogen) atoms. The van der Waals surface area contributed by atoms with Gasteiger partial charge in [0.25, 0.3) is 5.91 Å². The summed E-state index contributed by atoms with van der Waals surface area (Å²) in [4.78, 5) is 25.8. The molecule has 0 radical (unpaired) electrons. The maximum absolute atomic E-state index is 12.1. The highest BCUT2D eigenvalue weighted by Crippen LogP contribution is 2.22. The fourth-order valence-electron chi connectivity index (χ4n) is 2.84. The summed E-state index contributed by atoms with van der Waals surface area (Å²) in [6, 6.07) is 4.50. The number of carbonyl (C=O) groups excluding carboxylic acids is 2. The highest BCUT2D eigenvalue weighted by Gasteiger charge is 2.26. The van der Waals surface area contributed by atoms with Crippen molar-refractivity contribution in [3.8, 4) is 0 Å². The number of esters is 1. The van der Waals surface area contributed by atoms with Crippen LogP contribution in [0.1, 0.15) is 30.6 Å². The molecule has 120 valence electrons. The number of nitrogens with two attached hydrogens (primary N) is 1. The minimum absolute atomic E-state index is 0.159. The number of likely N-dealkylation sites (tertiary alicyclic amines) is 1. The van der Waals surface area contributed by atoms with Crippen molar-refractivity contribution in [1.82, 2.24) is 4.90 Å². The van der Waals surface area contributed by atoms with Crippen LogP contribution in [0.5, 0.6) is 0 Å². The second-order valence-corrected chi connectivity index (χ2v) is 6.46. The van der Waals surface area contributed by atoms with Gasteiger partial charge in [-0.05, 0) is 36.5 Å².